The van der Waals surface area contributed by atoms with Crippen LogP contribution in [0.5, 0.6) is 5.75 Å². The third-order valence-corrected chi connectivity index (χ3v) is 4.81. The molecule has 0 N–H and O–H groups in total. The van der Waals surface area contributed by atoms with Gasteiger partial charge >= 0.3 is 0 Å². The molecule has 1 amide bonds. The number of hydroxylamine groups is 2. The molecule has 0 radical (unpaired) electrons. The van der Waals surface area contributed by atoms with E-state index in [2.05, 4.69) is 13.8 Å². The van der Waals surface area contributed by atoms with Crippen molar-refractivity contribution < 1.29 is 14.4 Å². The number of amides is 1. The standard InChI is InChI=1S/C16H20ClNO3.C3H8/c1-9-5-11-6-12(13(17)7-14(11)20-9)8-18-15(19)16(3,4)10(2)21-18;1-3-2/h6-7,9-10H,5,8H2,1-4H3;3H2,1-2H3. The van der Waals surface area contributed by atoms with E-state index in [4.69, 9.17) is 21.2 Å². The van der Waals surface area contributed by atoms with Gasteiger partial charge in [-0.05, 0) is 51.0 Å². The Morgan fingerprint density at radius 3 is 2.46 bits per heavy atom. The lowest BCUT2D eigenvalue weighted by Crippen LogP contribution is -2.32. The summed E-state index contributed by atoms with van der Waals surface area (Å²) in [5, 5.41) is 2.04. The van der Waals surface area contributed by atoms with Gasteiger partial charge in [-0.15, -0.1) is 0 Å². The van der Waals surface area contributed by atoms with Crippen molar-refractivity contribution in [2.75, 3.05) is 0 Å². The Balaban J connectivity index is 0.000000647. The second kappa shape index (κ2) is 7.32. The molecular formula is C19H28ClNO3. The highest BCUT2D eigenvalue weighted by Gasteiger charge is 2.46. The van der Waals surface area contributed by atoms with Crippen LogP contribution in [0.3, 0.4) is 0 Å². The number of carbonyl (C=O) groups excluding carboxylic acids is 1. The van der Waals surface area contributed by atoms with Gasteiger partial charge in [0, 0.05) is 11.4 Å². The number of carbonyl (C=O) groups is 1. The topological polar surface area (TPSA) is 38.8 Å². The van der Waals surface area contributed by atoms with Gasteiger partial charge in [-0.1, -0.05) is 31.9 Å². The molecule has 2 aliphatic heterocycles. The van der Waals surface area contributed by atoms with Gasteiger partial charge in [0.1, 0.15) is 11.9 Å². The molecule has 1 saturated heterocycles. The Morgan fingerprint density at radius 2 is 1.92 bits per heavy atom. The zero-order valence-corrected chi connectivity index (χ0v) is 16.2. The average Bonchev–Trinajstić information content (AvgIpc) is 2.93. The Labute approximate surface area is 150 Å². The highest BCUT2D eigenvalue weighted by Crippen LogP contribution is 2.37. The molecule has 0 spiro atoms. The predicted molar refractivity (Wildman–Crippen MR) is 96.1 cm³/mol. The molecule has 0 aliphatic carbocycles. The molecule has 0 saturated carbocycles. The highest BCUT2D eigenvalue weighted by molar-refractivity contribution is 6.31. The van der Waals surface area contributed by atoms with E-state index in [1.165, 1.54) is 11.5 Å². The monoisotopic (exact) mass is 353 g/mol. The lowest BCUT2D eigenvalue weighted by Gasteiger charge is -2.17. The lowest BCUT2D eigenvalue weighted by molar-refractivity contribution is -0.174. The molecule has 0 bridgehead atoms. The molecule has 2 heterocycles. The zero-order chi connectivity index (χ0) is 18.1. The summed E-state index contributed by atoms with van der Waals surface area (Å²) in [5.74, 6) is 0.842. The molecule has 2 unspecified atom stereocenters. The van der Waals surface area contributed by atoms with Crippen molar-refractivity contribution in [2.45, 2.75) is 73.1 Å². The fraction of sp³-hybridized carbons (Fsp3) is 0.632. The molecule has 2 atom stereocenters. The molecule has 1 aromatic carbocycles. The van der Waals surface area contributed by atoms with Gasteiger partial charge in [0.15, 0.2) is 0 Å². The van der Waals surface area contributed by atoms with E-state index in [1.807, 2.05) is 39.8 Å². The van der Waals surface area contributed by atoms with Crippen LogP contribution in [-0.4, -0.2) is 23.2 Å². The van der Waals surface area contributed by atoms with Crippen molar-refractivity contribution in [2.24, 2.45) is 5.41 Å². The Hall–Kier alpha value is -1.26. The van der Waals surface area contributed by atoms with Crippen molar-refractivity contribution in [3.05, 3.63) is 28.3 Å². The number of nitrogens with zero attached hydrogens (tertiary/aromatic N) is 1. The Bertz CT molecular complexity index is 615. The van der Waals surface area contributed by atoms with E-state index < -0.39 is 5.41 Å². The van der Waals surface area contributed by atoms with Crippen LogP contribution >= 0.6 is 11.6 Å². The summed E-state index contributed by atoms with van der Waals surface area (Å²) < 4.78 is 5.69. The van der Waals surface area contributed by atoms with Crippen molar-refractivity contribution in [3.63, 3.8) is 0 Å². The van der Waals surface area contributed by atoms with Crippen molar-refractivity contribution in [3.8, 4) is 5.75 Å². The van der Waals surface area contributed by atoms with Gasteiger partial charge in [-0.2, -0.15) is 0 Å². The van der Waals surface area contributed by atoms with Gasteiger partial charge in [0.25, 0.3) is 5.91 Å². The summed E-state index contributed by atoms with van der Waals surface area (Å²) in [7, 11) is 0. The molecular weight excluding hydrogens is 326 g/mol. The SMILES string of the molecule is CC1Cc2cc(CN3OC(C)C(C)(C)C3=O)c(Cl)cc2O1.CCC. The molecule has 1 aromatic rings. The summed E-state index contributed by atoms with van der Waals surface area (Å²) in [4.78, 5) is 18.1. The molecule has 134 valence electrons. The minimum atomic E-state index is -0.499. The second-order valence-electron chi connectivity index (χ2n) is 7.20. The Morgan fingerprint density at radius 1 is 1.29 bits per heavy atom. The van der Waals surface area contributed by atoms with Crippen LogP contribution in [-0.2, 0) is 22.6 Å². The van der Waals surface area contributed by atoms with Crippen LogP contribution in [0.15, 0.2) is 12.1 Å². The van der Waals surface area contributed by atoms with Crippen molar-refractivity contribution in [1.82, 2.24) is 5.06 Å². The predicted octanol–water partition coefficient (Wildman–Crippen LogP) is 4.77. The number of ether oxygens (including phenoxy) is 1. The van der Waals surface area contributed by atoms with Crippen LogP contribution in [0.2, 0.25) is 5.02 Å². The van der Waals surface area contributed by atoms with Gasteiger partial charge in [-0.25, -0.2) is 5.06 Å². The van der Waals surface area contributed by atoms with E-state index in [1.54, 1.807) is 0 Å². The van der Waals surface area contributed by atoms with Crippen LogP contribution in [0.4, 0.5) is 0 Å². The van der Waals surface area contributed by atoms with E-state index in [0.717, 1.165) is 23.3 Å². The van der Waals surface area contributed by atoms with E-state index >= 15 is 0 Å². The first-order valence-electron chi connectivity index (χ1n) is 8.67. The van der Waals surface area contributed by atoms with Crippen molar-refractivity contribution >= 4 is 17.5 Å². The van der Waals surface area contributed by atoms with E-state index in [9.17, 15) is 4.79 Å². The zero-order valence-electron chi connectivity index (χ0n) is 15.5. The first-order chi connectivity index (χ1) is 11.2. The summed E-state index contributed by atoms with van der Waals surface area (Å²) >= 11 is 6.32. The summed E-state index contributed by atoms with van der Waals surface area (Å²) in [6.07, 6.45) is 2.16. The molecule has 3 rings (SSSR count). The van der Waals surface area contributed by atoms with Gasteiger partial charge < -0.3 is 4.74 Å². The fourth-order valence-corrected chi connectivity index (χ4v) is 2.95. The van der Waals surface area contributed by atoms with Crippen LogP contribution < -0.4 is 4.74 Å². The molecule has 1 fully saturated rings. The number of hydrogen-bond acceptors (Lipinski definition) is 3. The molecule has 5 heteroatoms. The maximum Gasteiger partial charge on any atom is 0.254 e. The maximum absolute atomic E-state index is 12.4. The van der Waals surface area contributed by atoms with Gasteiger partial charge in [-0.3, -0.25) is 9.63 Å². The third kappa shape index (κ3) is 3.70. The minimum absolute atomic E-state index is 0.00353. The minimum Gasteiger partial charge on any atom is -0.490 e. The van der Waals surface area contributed by atoms with E-state index in [-0.39, 0.29) is 18.1 Å². The Kier molecular flexibility index (Phi) is 5.82. The maximum atomic E-state index is 12.4. The van der Waals surface area contributed by atoms with Crippen LogP contribution in [0.1, 0.15) is 59.1 Å². The number of rotatable bonds is 2. The van der Waals surface area contributed by atoms with Crippen LogP contribution in [0.25, 0.3) is 0 Å². The molecule has 0 aromatic heterocycles. The van der Waals surface area contributed by atoms with E-state index in [0.29, 0.717) is 11.6 Å². The number of halogens is 1. The normalized spacial score (nSPS) is 24.3. The molecule has 4 nitrogen and oxygen atoms in total. The summed E-state index contributed by atoms with van der Waals surface area (Å²) in [6.45, 7) is 12.4. The highest BCUT2D eigenvalue weighted by atomic mass is 35.5. The largest absolute Gasteiger partial charge is 0.490 e. The molecule has 24 heavy (non-hydrogen) atoms. The quantitative estimate of drug-likeness (QED) is 0.768. The fourth-order valence-electron chi connectivity index (χ4n) is 2.74. The molecule has 2 aliphatic rings. The number of hydrogen-bond donors (Lipinski definition) is 0. The first-order valence-corrected chi connectivity index (χ1v) is 9.05. The van der Waals surface area contributed by atoms with Crippen LogP contribution in [0, 0.1) is 5.41 Å². The van der Waals surface area contributed by atoms with Gasteiger partial charge in [0.05, 0.1) is 18.1 Å². The lowest BCUT2D eigenvalue weighted by atomic mass is 9.87. The smallest absolute Gasteiger partial charge is 0.254 e. The number of fused-ring (bicyclic) bond motifs is 1. The summed E-state index contributed by atoms with van der Waals surface area (Å²) in [6, 6.07) is 3.86. The second-order valence-corrected chi connectivity index (χ2v) is 7.61. The first kappa shape index (κ1) is 19.1. The summed E-state index contributed by atoms with van der Waals surface area (Å²) in [5.41, 5.74) is 1.54. The average molecular weight is 354 g/mol. The van der Waals surface area contributed by atoms with Crippen molar-refractivity contribution in [1.29, 1.82) is 0 Å². The van der Waals surface area contributed by atoms with Gasteiger partial charge in [0.2, 0.25) is 0 Å². The third-order valence-electron chi connectivity index (χ3n) is 4.46. The number of benzene rings is 1.